The van der Waals surface area contributed by atoms with Gasteiger partial charge in [-0.1, -0.05) is 6.07 Å². The average Bonchev–Trinajstić information content (AvgIpc) is 3.07. The Kier molecular flexibility index (Phi) is 4.90. The van der Waals surface area contributed by atoms with Crippen LogP contribution in [0, 0.1) is 12.7 Å². The van der Waals surface area contributed by atoms with Crippen LogP contribution in [0.15, 0.2) is 54.6 Å². The fourth-order valence-corrected chi connectivity index (χ4v) is 3.99. The molecule has 0 aliphatic rings. The molecule has 5 nitrogen and oxygen atoms in total. The van der Waals surface area contributed by atoms with E-state index in [-0.39, 0.29) is 5.91 Å². The Morgan fingerprint density at radius 1 is 1.14 bits per heavy atom. The minimum Gasteiger partial charge on any atom is -0.497 e. The van der Waals surface area contributed by atoms with Gasteiger partial charge in [0.1, 0.15) is 21.3 Å². The maximum absolute atomic E-state index is 13.5. The molecule has 2 heterocycles. The van der Waals surface area contributed by atoms with E-state index >= 15 is 0 Å². The van der Waals surface area contributed by atoms with Crippen LogP contribution in [0.5, 0.6) is 5.75 Å². The van der Waals surface area contributed by atoms with Crippen molar-refractivity contribution in [1.29, 1.82) is 0 Å². The first-order valence-corrected chi connectivity index (χ1v) is 9.69. The van der Waals surface area contributed by atoms with Gasteiger partial charge in [0.25, 0.3) is 5.91 Å². The second kappa shape index (κ2) is 7.52. The van der Waals surface area contributed by atoms with Gasteiger partial charge in [-0.25, -0.2) is 9.37 Å². The quantitative estimate of drug-likeness (QED) is 0.484. The van der Waals surface area contributed by atoms with Crippen molar-refractivity contribution in [2.75, 3.05) is 18.2 Å². The Balaban J connectivity index is 1.67. The number of carbonyl (C=O) groups excluding carboxylic acids is 1. The maximum atomic E-state index is 13.5. The lowest BCUT2D eigenvalue weighted by molar-refractivity contribution is 0.103. The Morgan fingerprint density at radius 2 is 1.90 bits per heavy atom. The molecule has 0 atom stereocenters. The number of hydrogen-bond donors (Lipinski definition) is 2. The van der Waals surface area contributed by atoms with Gasteiger partial charge in [0.05, 0.1) is 18.5 Å². The van der Waals surface area contributed by atoms with E-state index < -0.39 is 5.82 Å². The monoisotopic (exact) mass is 407 g/mol. The van der Waals surface area contributed by atoms with Crippen LogP contribution >= 0.6 is 11.3 Å². The highest BCUT2D eigenvalue weighted by atomic mass is 32.1. The highest BCUT2D eigenvalue weighted by Gasteiger charge is 2.19. The van der Waals surface area contributed by atoms with Crippen molar-refractivity contribution in [3.8, 4) is 17.0 Å². The lowest BCUT2D eigenvalue weighted by Gasteiger charge is -2.07. The zero-order chi connectivity index (χ0) is 20.5. The predicted octanol–water partition coefficient (Wildman–Crippen LogP) is 5.25. The second-order valence-corrected chi connectivity index (χ2v) is 7.54. The SMILES string of the molecule is COc1ccc(-c2ccc3c(N)c(C(=O)Nc4cc(F)ccc4C)sc3n2)cc1. The molecular weight excluding hydrogens is 389 g/mol. The number of aryl methyl sites for hydroxylation is 1. The lowest BCUT2D eigenvalue weighted by atomic mass is 10.1. The number of nitrogen functional groups attached to an aromatic ring is 1. The number of fused-ring (bicyclic) bond motifs is 1. The van der Waals surface area contributed by atoms with Crippen LogP contribution in [0.3, 0.4) is 0 Å². The van der Waals surface area contributed by atoms with Gasteiger partial charge in [0.2, 0.25) is 0 Å². The van der Waals surface area contributed by atoms with Crippen LogP contribution in [0.25, 0.3) is 21.5 Å². The molecule has 29 heavy (non-hydrogen) atoms. The number of carbonyl (C=O) groups is 1. The molecule has 146 valence electrons. The molecule has 0 unspecified atom stereocenters. The molecule has 4 rings (SSSR count). The molecule has 1 amide bonds. The van der Waals surface area contributed by atoms with Crippen LogP contribution in [-0.4, -0.2) is 18.0 Å². The maximum Gasteiger partial charge on any atom is 0.267 e. The van der Waals surface area contributed by atoms with Gasteiger partial charge in [0, 0.05) is 16.6 Å². The summed E-state index contributed by atoms with van der Waals surface area (Å²) in [6.07, 6.45) is 0. The number of methoxy groups -OCH3 is 1. The number of hydrogen-bond acceptors (Lipinski definition) is 5. The van der Waals surface area contributed by atoms with Crippen LogP contribution in [-0.2, 0) is 0 Å². The highest BCUT2D eigenvalue weighted by Crippen LogP contribution is 2.35. The summed E-state index contributed by atoms with van der Waals surface area (Å²) in [5.74, 6) is -0.0343. The van der Waals surface area contributed by atoms with Gasteiger partial charge in [-0.3, -0.25) is 4.79 Å². The lowest BCUT2D eigenvalue weighted by Crippen LogP contribution is -2.13. The highest BCUT2D eigenvalue weighted by molar-refractivity contribution is 7.21. The number of ether oxygens (including phenoxy) is 1. The molecule has 0 spiro atoms. The first-order valence-electron chi connectivity index (χ1n) is 8.87. The number of halogens is 1. The zero-order valence-corrected chi connectivity index (χ0v) is 16.6. The van der Waals surface area contributed by atoms with Crippen molar-refractivity contribution >= 4 is 38.8 Å². The molecule has 3 N–H and O–H groups in total. The Hall–Kier alpha value is -3.45. The van der Waals surface area contributed by atoms with Crippen molar-refractivity contribution in [2.24, 2.45) is 0 Å². The molecule has 0 fully saturated rings. The number of nitrogens with two attached hydrogens (primary N) is 1. The smallest absolute Gasteiger partial charge is 0.267 e. The van der Waals surface area contributed by atoms with Crippen molar-refractivity contribution in [2.45, 2.75) is 6.92 Å². The van der Waals surface area contributed by atoms with Gasteiger partial charge in [-0.05, 0) is 61.0 Å². The van der Waals surface area contributed by atoms with Gasteiger partial charge in [0.15, 0.2) is 0 Å². The molecule has 2 aromatic carbocycles. The van der Waals surface area contributed by atoms with Gasteiger partial charge >= 0.3 is 0 Å². The number of nitrogens with zero attached hydrogens (tertiary/aromatic N) is 1. The van der Waals surface area contributed by atoms with Crippen LogP contribution in [0.1, 0.15) is 15.2 Å². The number of aromatic nitrogens is 1. The summed E-state index contributed by atoms with van der Waals surface area (Å²) in [7, 11) is 1.62. The summed E-state index contributed by atoms with van der Waals surface area (Å²) in [6, 6.07) is 15.6. The van der Waals surface area contributed by atoms with Crippen LogP contribution in [0.4, 0.5) is 15.8 Å². The molecule has 0 aliphatic carbocycles. The molecule has 0 saturated carbocycles. The third-order valence-electron chi connectivity index (χ3n) is 4.63. The fourth-order valence-electron chi connectivity index (χ4n) is 3.00. The van der Waals surface area contributed by atoms with Crippen molar-refractivity contribution in [1.82, 2.24) is 4.98 Å². The zero-order valence-electron chi connectivity index (χ0n) is 15.8. The molecular formula is C22H18FN3O2S. The Morgan fingerprint density at radius 3 is 2.62 bits per heavy atom. The van der Waals surface area contributed by atoms with E-state index in [1.54, 1.807) is 20.1 Å². The molecule has 4 aromatic rings. The molecule has 7 heteroatoms. The predicted molar refractivity (Wildman–Crippen MR) is 115 cm³/mol. The summed E-state index contributed by atoms with van der Waals surface area (Å²) in [5.41, 5.74) is 9.46. The largest absolute Gasteiger partial charge is 0.497 e. The normalized spacial score (nSPS) is 10.9. The number of thiophene rings is 1. The number of amides is 1. The third kappa shape index (κ3) is 3.64. The first-order chi connectivity index (χ1) is 14.0. The minimum atomic E-state index is -0.416. The number of pyridine rings is 1. The van der Waals surface area contributed by atoms with Crippen LogP contribution in [0.2, 0.25) is 0 Å². The summed E-state index contributed by atoms with van der Waals surface area (Å²) in [4.78, 5) is 18.4. The second-order valence-electron chi connectivity index (χ2n) is 6.54. The molecule has 0 saturated heterocycles. The topological polar surface area (TPSA) is 77.2 Å². The number of benzene rings is 2. The van der Waals surface area contributed by atoms with E-state index in [2.05, 4.69) is 10.3 Å². The molecule has 0 radical (unpaired) electrons. The minimum absolute atomic E-state index is 0.350. The average molecular weight is 407 g/mol. The number of anilines is 2. The fraction of sp³-hybridized carbons (Fsp3) is 0.0909. The Labute approximate surface area is 171 Å². The van der Waals surface area contributed by atoms with Gasteiger partial charge in [-0.15, -0.1) is 11.3 Å². The van der Waals surface area contributed by atoms with E-state index in [9.17, 15) is 9.18 Å². The van der Waals surface area contributed by atoms with Crippen molar-refractivity contribution < 1.29 is 13.9 Å². The third-order valence-corrected chi connectivity index (χ3v) is 5.75. The summed E-state index contributed by atoms with van der Waals surface area (Å²) >= 11 is 1.21. The van der Waals surface area contributed by atoms with E-state index in [0.29, 0.717) is 26.5 Å². The van der Waals surface area contributed by atoms with Crippen molar-refractivity contribution in [3.05, 3.63) is 70.9 Å². The number of rotatable bonds is 4. The van der Waals surface area contributed by atoms with Gasteiger partial charge in [-0.2, -0.15) is 0 Å². The standard InChI is InChI=1S/C22H18FN3O2S/c1-12-3-6-14(23)11-18(12)25-21(27)20-19(24)16-9-10-17(26-22(16)29-20)13-4-7-15(28-2)8-5-13/h3-11H,24H2,1-2H3,(H,25,27). The van der Waals surface area contributed by atoms with Gasteiger partial charge < -0.3 is 15.8 Å². The van der Waals surface area contributed by atoms with E-state index in [4.69, 9.17) is 10.5 Å². The Bertz CT molecular complexity index is 1220. The summed E-state index contributed by atoms with van der Waals surface area (Å²) < 4.78 is 18.7. The number of nitrogens with one attached hydrogen (secondary N) is 1. The van der Waals surface area contributed by atoms with Crippen LogP contribution < -0.4 is 15.8 Å². The molecule has 2 aromatic heterocycles. The van der Waals surface area contributed by atoms with E-state index in [1.165, 1.54) is 23.5 Å². The summed E-state index contributed by atoms with van der Waals surface area (Å²) in [6.45, 7) is 1.80. The van der Waals surface area contributed by atoms with E-state index in [0.717, 1.165) is 22.6 Å². The molecule has 0 aliphatic heterocycles. The summed E-state index contributed by atoms with van der Waals surface area (Å²) in [5, 5.41) is 3.45. The molecule has 0 bridgehead atoms. The van der Waals surface area contributed by atoms with Crippen molar-refractivity contribution in [3.63, 3.8) is 0 Å². The van der Waals surface area contributed by atoms with E-state index in [1.807, 2.05) is 36.4 Å². The first kappa shape index (κ1) is 18.9.